The van der Waals surface area contributed by atoms with E-state index in [-0.39, 0.29) is 17.0 Å². The summed E-state index contributed by atoms with van der Waals surface area (Å²) >= 11 is 2.89. The van der Waals surface area contributed by atoms with Crippen molar-refractivity contribution in [3.05, 3.63) is 52.7 Å². The molecule has 2 aromatic heterocycles. The van der Waals surface area contributed by atoms with Gasteiger partial charge in [0.25, 0.3) is 5.91 Å². The predicted octanol–water partition coefficient (Wildman–Crippen LogP) is 3.42. The van der Waals surface area contributed by atoms with Gasteiger partial charge in [0.1, 0.15) is 0 Å². The lowest BCUT2D eigenvalue weighted by molar-refractivity contribution is 0.102. The van der Waals surface area contributed by atoms with Crippen LogP contribution in [0.15, 0.2) is 52.1 Å². The first-order chi connectivity index (χ1) is 12.0. The Morgan fingerprint density at radius 1 is 1.20 bits per heavy atom. The topological polar surface area (TPSA) is 88.2 Å². The van der Waals surface area contributed by atoms with Crippen LogP contribution >= 0.6 is 22.7 Å². The third-order valence-corrected chi connectivity index (χ3v) is 6.43. The van der Waals surface area contributed by atoms with Crippen molar-refractivity contribution in [2.24, 2.45) is 0 Å². The molecule has 1 aromatic carbocycles. The Labute approximate surface area is 153 Å². The molecule has 2 N–H and O–H groups in total. The first-order valence-electron chi connectivity index (χ1n) is 7.40. The number of nitrogens with one attached hydrogen (secondary N) is 2. The fraction of sp³-hybridized carbons (Fsp3) is 0.125. The number of carbonyl (C=O) groups is 1. The number of rotatable bonds is 6. The van der Waals surface area contributed by atoms with Crippen molar-refractivity contribution in [3.8, 4) is 10.6 Å². The maximum absolute atomic E-state index is 12.4. The monoisotopic (exact) mass is 393 g/mol. The summed E-state index contributed by atoms with van der Waals surface area (Å²) in [6, 6.07) is 9.80. The highest BCUT2D eigenvalue weighted by Gasteiger charge is 2.16. The molecule has 0 saturated carbocycles. The quantitative estimate of drug-likeness (QED) is 0.672. The molecule has 130 valence electrons. The zero-order valence-electron chi connectivity index (χ0n) is 13.2. The van der Waals surface area contributed by atoms with Gasteiger partial charge in [-0.25, -0.2) is 18.1 Å². The van der Waals surface area contributed by atoms with E-state index < -0.39 is 15.9 Å². The van der Waals surface area contributed by atoms with E-state index in [9.17, 15) is 13.2 Å². The molecule has 1 amide bonds. The lowest BCUT2D eigenvalue weighted by Gasteiger charge is -2.06. The van der Waals surface area contributed by atoms with Gasteiger partial charge in [0.15, 0.2) is 5.13 Å². The standard InChI is InChI=1S/C16H15N3O3S3/c1-2-17-25(21,22)12-6-3-5-11(9-12)15(20)19-16-18-13(10-24-16)14-7-4-8-23-14/h3-10,17H,2H2,1H3,(H,18,19,20). The fourth-order valence-electron chi connectivity index (χ4n) is 2.12. The van der Waals surface area contributed by atoms with Crippen molar-refractivity contribution in [2.45, 2.75) is 11.8 Å². The van der Waals surface area contributed by atoms with Crippen molar-refractivity contribution in [2.75, 3.05) is 11.9 Å². The predicted molar refractivity (Wildman–Crippen MR) is 101 cm³/mol. The van der Waals surface area contributed by atoms with Gasteiger partial charge in [-0.1, -0.05) is 19.1 Å². The SMILES string of the molecule is CCNS(=O)(=O)c1cccc(C(=O)Nc2nc(-c3cccs3)cs2)c1. The molecule has 0 aliphatic heterocycles. The highest BCUT2D eigenvalue weighted by atomic mass is 32.2. The van der Waals surface area contributed by atoms with Crippen LogP contribution in [0.4, 0.5) is 5.13 Å². The summed E-state index contributed by atoms with van der Waals surface area (Å²) in [7, 11) is -3.61. The minimum absolute atomic E-state index is 0.0559. The normalized spacial score (nSPS) is 11.4. The first-order valence-corrected chi connectivity index (χ1v) is 10.6. The summed E-state index contributed by atoms with van der Waals surface area (Å²) in [5, 5.41) is 7.01. The third kappa shape index (κ3) is 4.13. The second-order valence-corrected chi connectivity index (χ2v) is 8.57. The zero-order valence-corrected chi connectivity index (χ0v) is 15.7. The molecule has 0 spiro atoms. The first kappa shape index (κ1) is 17.7. The van der Waals surface area contributed by atoms with E-state index in [4.69, 9.17) is 0 Å². The largest absolute Gasteiger partial charge is 0.298 e. The van der Waals surface area contributed by atoms with Gasteiger partial charge in [0, 0.05) is 17.5 Å². The molecule has 3 aromatic rings. The number of nitrogens with zero attached hydrogens (tertiary/aromatic N) is 1. The highest BCUT2D eigenvalue weighted by molar-refractivity contribution is 7.89. The van der Waals surface area contributed by atoms with Crippen LogP contribution in [-0.2, 0) is 10.0 Å². The van der Waals surface area contributed by atoms with Crippen LogP contribution in [0, 0.1) is 0 Å². The van der Waals surface area contributed by atoms with E-state index in [1.165, 1.54) is 29.5 Å². The number of benzene rings is 1. The van der Waals surface area contributed by atoms with E-state index >= 15 is 0 Å². The Morgan fingerprint density at radius 2 is 2.04 bits per heavy atom. The molecule has 3 rings (SSSR count). The molecule has 0 radical (unpaired) electrons. The van der Waals surface area contributed by atoms with Crippen molar-refractivity contribution in [3.63, 3.8) is 0 Å². The summed E-state index contributed by atoms with van der Waals surface area (Å²) in [5.74, 6) is -0.402. The van der Waals surface area contributed by atoms with Crippen molar-refractivity contribution < 1.29 is 13.2 Å². The molecule has 0 bridgehead atoms. The van der Waals surface area contributed by atoms with Gasteiger partial charge in [-0.05, 0) is 29.6 Å². The molecule has 6 nitrogen and oxygen atoms in total. The van der Waals surface area contributed by atoms with E-state index in [1.54, 1.807) is 24.3 Å². The lowest BCUT2D eigenvalue weighted by atomic mass is 10.2. The smallest absolute Gasteiger partial charge is 0.257 e. The van der Waals surface area contributed by atoms with Gasteiger partial charge in [-0.3, -0.25) is 10.1 Å². The molecule has 0 aliphatic rings. The average molecular weight is 394 g/mol. The Morgan fingerprint density at radius 3 is 2.76 bits per heavy atom. The van der Waals surface area contributed by atoms with Gasteiger partial charge in [0.2, 0.25) is 10.0 Å². The van der Waals surface area contributed by atoms with Crippen LogP contribution in [0.25, 0.3) is 10.6 Å². The number of hydrogen-bond donors (Lipinski definition) is 2. The molecular formula is C16H15N3O3S3. The fourth-order valence-corrected chi connectivity index (χ4v) is 4.67. The lowest BCUT2D eigenvalue weighted by Crippen LogP contribution is -2.23. The van der Waals surface area contributed by atoms with Gasteiger partial charge in [-0.15, -0.1) is 22.7 Å². The Kier molecular flexibility index (Phi) is 5.28. The number of anilines is 1. The number of carbonyl (C=O) groups excluding carboxylic acids is 1. The minimum Gasteiger partial charge on any atom is -0.298 e. The average Bonchev–Trinajstić information content (AvgIpc) is 3.26. The number of thiazole rings is 1. The van der Waals surface area contributed by atoms with E-state index in [0.717, 1.165) is 10.6 Å². The van der Waals surface area contributed by atoms with Crippen molar-refractivity contribution in [1.29, 1.82) is 0 Å². The zero-order chi connectivity index (χ0) is 17.9. The highest BCUT2D eigenvalue weighted by Crippen LogP contribution is 2.28. The van der Waals surface area contributed by atoms with Crippen LogP contribution in [0.5, 0.6) is 0 Å². The van der Waals surface area contributed by atoms with Gasteiger partial charge < -0.3 is 0 Å². The summed E-state index contributed by atoms with van der Waals surface area (Å²) < 4.78 is 26.5. The number of aromatic nitrogens is 1. The molecule has 0 saturated heterocycles. The molecule has 0 unspecified atom stereocenters. The third-order valence-electron chi connectivity index (χ3n) is 3.24. The van der Waals surface area contributed by atoms with E-state index in [1.807, 2.05) is 22.9 Å². The van der Waals surface area contributed by atoms with Crippen LogP contribution in [0.3, 0.4) is 0 Å². The summed E-state index contributed by atoms with van der Waals surface area (Å²) in [6.07, 6.45) is 0. The summed E-state index contributed by atoms with van der Waals surface area (Å²) in [4.78, 5) is 17.9. The van der Waals surface area contributed by atoms with Crippen LogP contribution < -0.4 is 10.0 Å². The Balaban J connectivity index is 1.78. The summed E-state index contributed by atoms with van der Waals surface area (Å²) in [6.45, 7) is 1.98. The minimum atomic E-state index is -3.61. The Hall–Kier alpha value is -2.07. The van der Waals surface area contributed by atoms with Gasteiger partial charge in [-0.2, -0.15) is 0 Å². The molecule has 25 heavy (non-hydrogen) atoms. The summed E-state index contributed by atoms with van der Waals surface area (Å²) in [5.41, 5.74) is 1.06. The van der Waals surface area contributed by atoms with Gasteiger partial charge >= 0.3 is 0 Å². The second-order valence-electron chi connectivity index (χ2n) is 5.00. The molecule has 0 atom stereocenters. The number of thiophene rings is 1. The number of amides is 1. The maximum Gasteiger partial charge on any atom is 0.257 e. The number of sulfonamides is 1. The molecule has 0 aliphatic carbocycles. The molecule has 2 heterocycles. The van der Waals surface area contributed by atoms with Crippen molar-refractivity contribution in [1.82, 2.24) is 9.71 Å². The van der Waals surface area contributed by atoms with Crippen LogP contribution in [0.2, 0.25) is 0 Å². The molecule has 9 heteroatoms. The van der Waals surface area contributed by atoms with Crippen LogP contribution in [-0.4, -0.2) is 25.9 Å². The van der Waals surface area contributed by atoms with E-state index in [2.05, 4.69) is 15.0 Å². The number of hydrogen-bond acceptors (Lipinski definition) is 6. The maximum atomic E-state index is 12.4. The van der Waals surface area contributed by atoms with Crippen LogP contribution in [0.1, 0.15) is 17.3 Å². The molecule has 0 fully saturated rings. The van der Waals surface area contributed by atoms with E-state index in [0.29, 0.717) is 5.13 Å². The van der Waals surface area contributed by atoms with Gasteiger partial charge in [0.05, 0.1) is 15.5 Å². The Bertz CT molecular complexity index is 979. The second kappa shape index (κ2) is 7.44. The molecular weight excluding hydrogens is 378 g/mol. The van der Waals surface area contributed by atoms with Crippen molar-refractivity contribution >= 4 is 43.7 Å².